The van der Waals surface area contributed by atoms with Gasteiger partial charge in [0.15, 0.2) is 11.6 Å². The zero-order chi connectivity index (χ0) is 33.6. The Balaban J connectivity index is 0.000000171. The number of ether oxygens (including phenoxy) is 1. The molecule has 3 aromatic carbocycles. The number of anilines is 3. The van der Waals surface area contributed by atoms with Crippen LogP contribution in [-0.4, -0.2) is 72.9 Å². The molecular formula is C35H30N10O3S. The Hall–Kier alpha value is -5.99. The number of hydrogen-bond acceptors (Lipinski definition) is 12. The van der Waals surface area contributed by atoms with Gasteiger partial charge in [0.2, 0.25) is 0 Å². The van der Waals surface area contributed by atoms with Gasteiger partial charge < -0.3 is 15.0 Å². The average Bonchev–Trinajstić information content (AvgIpc) is 3.16. The third kappa shape index (κ3) is 7.00. The third-order valence-corrected chi connectivity index (χ3v) is 8.45. The number of H-pyrrole nitrogens is 2. The monoisotopic (exact) mass is 670 g/mol. The summed E-state index contributed by atoms with van der Waals surface area (Å²) in [5.41, 5.74) is 4.21. The molecule has 0 bridgehead atoms. The minimum atomic E-state index is -0.334. The minimum absolute atomic E-state index is 0.263. The molecule has 1 saturated heterocycles. The number of fused-ring (bicyclic) bond motifs is 2. The van der Waals surface area contributed by atoms with Gasteiger partial charge in [-0.25, -0.2) is 30.1 Å². The Kier molecular flexibility index (Phi) is 9.30. The van der Waals surface area contributed by atoms with Crippen molar-refractivity contribution in [2.45, 2.75) is 5.03 Å². The summed E-state index contributed by atoms with van der Waals surface area (Å²) in [4.78, 5) is 44.6. The lowest BCUT2D eigenvalue weighted by Crippen LogP contribution is -2.36. The molecule has 0 saturated carbocycles. The molecule has 1 aliphatic heterocycles. The number of aromatic nitrogens is 8. The van der Waals surface area contributed by atoms with Crippen molar-refractivity contribution in [2.24, 2.45) is 0 Å². The average molecular weight is 671 g/mol. The van der Waals surface area contributed by atoms with Gasteiger partial charge in [-0.3, -0.25) is 9.59 Å². The van der Waals surface area contributed by atoms with Crippen LogP contribution >= 0.6 is 11.8 Å². The van der Waals surface area contributed by atoms with E-state index >= 15 is 0 Å². The maximum Gasteiger partial charge on any atom is 0.277 e. The van der Waals surface area contributed by atoms with E-state index in [2.05, 4.69) is 62.7 Å². The number of thioether (sulfide) groups is 1. The van der Waals surface area contributed by atoms with Crippen molar-refractivity contribution in [1.29, 1.82) is 0 Å². The molecule has 1 aliphatic rings. The summed E-state index contributed by atoms with van der Waals surface area (Å²) in [6.07, 6.45) is 4.97. The highest BCUT2D eigenvalue weighted by molar-refractivity contribution is 7.98. The Bertz CT molecular complexity index is 2330. The predicted molar refractivity (Wildman–Crippen MR) is 191 cm³/mol. The fraction of sp³-hybridized carbons (Fsp3) is 0.143. The molecule has 14 heteroatoms. The number of nitrogens with zero attached hydrogens (tertiary/aromatic N) is 7. The normalized spacial score (nSPS) is 12.8. The van der Waals surface area contributed by atoms with Gasteiger partial charge in [-0.2, -0.15) is 10.2 Å². The van der Waals surface area contributed by atoms with E-state index in [0.29, 0.717) is 44.3 Å². The SMILES string of the molecule is CSc1nc(-c2ccccc2)nc2cn[nH]c(=O)c12.O=c1[nH]ncc2nc(-c3ccccc3)nc(Nc3ccc(N4CCOCC4)cc3)c12. The standard InChI is InChI=1S/C22H20N6O2.C13H10N4OS/c29-22-19-18(14-23-27-22)25-20(15-4-2-1-3-5-15)26-21(19)24-16-6-8-17(9-7-16)28-10-12-30-13-11-28;1-19-13-10-9(7-14-17-12(10)18)15-11(16-13)8-5-3-2-4-6-8/h1-9,14H,10-13H2,(H,27,29)(H,24,25,26);2-7H,1H3,(H,17,18). The summed E-state index contributed by atoms with van der Waals surface area (Å²) in [6, 6.07) is 27.4. The summed E-state index contributed by atoms with van der Waals surface area (Å²) in [5, 5.41) is 17.4. The molecule has 0 unspecified atom stereocenters. The lowest BCUT2D eigenvalue weighted by Gasteiger charge is -2.28. The molecule has 3 N–H and O–H groups in total. The molecular weight excluding hydrogens is 641 g/mol. The molecule has 4 aromatic heterocycles. The first-order valence-corrected chi connectivity index (χ1v) is 16.7. The molecule has 0 amide bonds. The van der Waals surface area contributed by atoms with Crippen molar-refractivity contribution >= 4 is 50.8 Å². The van der Waals surface area contributed by atoms with Gasteiger partial charge in [0, 0.05) is 35.6 Å². The smallest absolute Gasteiger partial charge is 0.277 e. The second kappa shape index (κ2) is 14.4. The van der Waals surface area contributed by atoms with E-state index in [4.69, 9.17) is 4.74 Å². The van der Waals surface area contributed by atoms with Gasteiger partial charge in [-0.15, -0.1) is 11.8 Å². The first kappa shape index (κ1) is 31.6. The first-order chi connectivity index (χ1) is 24.1. The van der Waals surface area contributed by atoms with E-state index in [1.807, 2.05) is 79.1 Å². The van der Waals surface area contributed by atoms with Crippen molar-refractivity contribution in [1.82, 2.24) is 40.3 Å². The first-order valence-electron chi connectivity index (χ1n) is 15.4. The van der Waals surface area contributed by atoms with Gasteiger partial charge in [-0.1, -0.05) is 60.7 Å². The molecule has 13 nitrogen and oxygen atoms in total. The molecule has 1 fully saturated rings. The maximum absolute atomic E-state index is 12.4. The molecule has 7 aromatic rings. The topological polar surface area (TPSA) is 168 Å². The van der Waals surface area contributed by atoms with Crippen molar-refractivity contribution in [2.75, 3.05) is 42.8 Å². The largest absolute Gasteiger partial charge is 0.378 e. The van der Waals surface area contributed by atoms with E-state index < -0.39 is 0 Å². The molecule has 244 valence electrons. The van der Waals surface area contributed by atoms with E-state index in [9.17, 15) is 9.59 Å². The summed E-state index contributed by atoms with van der Waals surface area (Å²) < 4.78 is 5.42. The summed E-state index contributed by atoms with van der Waals surface area (Å²) in [6.45, 7) is 3.25. The highest BCUT2D eigenvalue weighted by Crippen LogP contribution is 2.27. The van der Waals surface area contributed by atoms with Crippen molar-refractivity contribution < 1.29 is 4.74 Å². The predicted octanol–water partition coefficient (Wildman–Crippen LogP) is 5.06. The Morgan fingerprint density at radius 3 is 1.84 bits per heavy atom. The van der Waals surface area contributed by atoms with Gasteiger partial charge in [-0.05, 0) is 30.5 Å². The molecule has 8 rings (SSSR count). The Morgan fingerprint density at radius 2 is 1.24 bits per heavy atom. The van der Waals surface area contributed by atoms with Gasteiger partial charge in [0.1, 0.15) is 32.6 Å². The maximum atomic E-state index is 12.4. The van der Waals surface area contributed by atoms with Crippen LogP contribution in [0.1, 0.15) is 0 Å². The number of benzene rings is 3. The van der Waals surface area contributed by atoms with Crippen molar-refractivity contribution in [3.05, 3.63) is 118 Å². The molecule has 0 atom stereocenters. The van der Waals surface area contributed by atoms with Crippen LogP contribution < -0.4 is 21.3 Å². The second-order valence-electron chi connectivity index (χ2n) is 10.9. The molecule has 0 radical (unpaired) electrons. The third-order valence-electron chi connectivity index (χ3n) is 7.76. The number of aromatic amines is 2. The fourth-order valence-electron chi connectivity index (χ4n) is 5.36. The zero-order valence-electron chi connectivity index (χ0n) is 26.3. The number of morpholine rings is 1. The lowest BCUT2D eigenvalue weighted by atomic mass is 10.2. The van der Waals surface area contributed by atoms with Crippen LogP contribution in [0.2, 0.25) is 0 Å². The molecule has 0 aliphatic carbocycles. The van der Waals surface area contributed by atoms with Crippen LogP contribution in [-0.2, 0) is 4.74 Å². The zero-order valence-corrected chi connectivity index (χ0v) is 27.1. The van der Waals surface area contributed by atoms with Crippen LogP contribution in [0.15, 0.2) is 112 Å². The molecule has 49 heavy (non-hydrogen) atoms. The van der Waals surface area contributed by atoms with Crippen LogP contribution in [0.3, 0.4) is 0 Å². The van der Waals surface area contributed by atoms with Crippen molar-refractivity contribution in [3.63, 3.8) is 0 Å². The quantitative estimate of drug-likeness (QED) is 0.159. The van der Waals surface area contributed by atoms with Crippen LogP contribution in [0.4, 0.5) is 17.2 Å². The Morgan fingerprint density at radius 1 is 0.694 bits per heavy atom. The summed E-state index contributed by atoms with van der Waals surface area (Å²) >= 11 is 1.42. The van der Waals surface area contributed by atoms with Gasteiger partial charge in [0.05, 0.1) is 25.6 Å². The van der Waals surface area contributed by atoms with E-state index in [1.54, 1.807) is 6.20 Å². The minimum Gasteiger partial charge on any atom is -0.378 e. The number of rotatable bonds is 6. The van der Waals surface area contributed by atoms with E-state index in [-0.39, 0.29) is 11.1 Å². The fourth-order valence-corrected chi connectivity index (χ4v) is 5.94. The Labute approximate surface area is 283 Å². The number of nitrogens with one attached hydrogen (secondary N) is 3. The molecule has 0 spiro atoms. The highest BCUT2D eigenvalue weighted by atomic mass is 32.2. The van der Waals surface area contributed by atoms with Crippen LogP contribution in [0, 0.1) is 0 Å². The highest BCUT2D eigenvalue weighted by Gasteiger charge is 2.15. The second-order valence-corrected chi connectivity index (χ2v) is 11.7. The van der Waals surface area contributed by atoms with E-state index in [1.165, 1.54) is 18.0 Å². The van der Waals surface area contributed by atoms with Gasteiger partial charge >= 0.3 is 0 Å². The van der Waals surface area contributed by atoms with Crippen LogP contribution in [0.25, 0.3) is 44.6 Å². The molecule has 5 heterocycles. The van der Waals surface area contributed by atoms with Crippen LogP contribution in [0.5, 0.6) is 0 Å². The van der Waals surface area contributed by atoms with E-state index in [0.717, 1.165) is 48.8 Å². The van der Waals surface area contributed by atoms with Crippen molar-refractivity contribution in [3.8, 4) is 22.8 Å². The van der Waals surface area contributed by atoms with Gasteiger partial charge in [0.25, 0.3) is 11.1 Å². The summed E-state index contributed by atoms with van der Waals surface area (Å²) in [5.74, 6) is 1.58. The number of hydrogen-bond donors (Lipinski definition) is 3. The lowest BCUT2D eigenvalue weighted by molar-refractivity contribution is 0.122. The summed E-state index contributed by atoms with van der Waals surface area (Å²) in [7, 11) is 0.